The van der Waals surface area contributed by atoms with Gasteiger partial charge in [0.1, 0.15) is 22.3 Å². The van der Waals surface area contributed by atoms with Crippen LogP contribution >= 0.6 is 0 Å². The molecule has 10 aromatic rings. The lowest BCUT2D eigenvalue weighted by Crippen LogP contribution is -2.00. The highest BCUT2D eigenvalue weighted by Crippen LogP contribution is 2.40. The molecule has 0 aliphatic carbocycles. The van der Waals surface area contributed by atoms with Crippen LogP contribution in [-0.4, -0.2) is 15.0 Å². The predicted molar refractivity (Wildman–Crippen MR) is 202 cm³/mol. The maximum absolute atomic E-state index is 9.24. The molecule has 0 N–H and O–H groups in total. The van der Waals surface area contributed by atoms with Gasteiger partial charge in [-0.1, -0.05) is 133 Å². The molecular formula is C45H27N3O2. The van der Waals surface area contributed by atoms with Crippen molar-refractivity contribution in [1.82, 2.24) is 15.0 Å². The van der Waals surface area contributed by atoms with Crippen LogP contribution in [0.3, 0.4) is 0 Å². The zero-order valence-electron chi connectivity index (χ0n) is 36.9. The molecule has 3 heterocycles. The van der Waals surface area contributed by atoms with Crippen LogP contribution in [0, 0.1) is 0 Å². The molecule has 5 heteroatoms. The summed E-state index contributed by atoms with van der Waals surface area (Å²) in [4.78, 5) is 14.5. The Labute approximate surface area is 302 Å². The number of benzene rings is 7. The summed E-state index contributed by atoms with van der Waals surface area (Å²) in [6, 6.07) is 23.6. The van der Waals surface area contributed by atoms with Crippen molar-refractivity contribution in [3.8, 4) is 56.4 Å². The van der Waals surface area contributed by atoms with Gasteiger partial charge < -0.3 is 8.83 Å². The molecule has 0 aliphatic heterocycles. The molecule has 7 aromatic carbocycles. The Bertz CT molecular complexity index is 3470. The Hall–Kier alpha value is -6.85. The summed E-state index contributed by atoms with van der Waals surface area (Å²) in [6.07, 6.45) is 0. The minimum atomic E-state index is -0.692. The number of aromatic nitrogens is 3. The standard InChI is InChI=1S/C45H27N3O2/c1-3-11-28(12-4-1)29-21-23-31(24-22-29)43-46-44(32-25-26-35-34-15-7-8-19-38(34)49-40(35)27-32)48-45(47-43)37-18-9-17-36-41-33(30-13-5-2-6-14-30)16-10-20-39(41)50-42(36)37/h1-27H/i2D,5D,6D,9D,10D,13D,14D,16D,17D,18D,20D. The molecular weight excluding hydrogens is 615 g/mol. The van der Waals surface area contributed by atoms with Crippen molar-refractivity contribution in [3.63, 3.8) is 0 Å². The van der Waals surface area contributed by atoms with Gasteiger partial charge in [0.05, 0.1) is 20.6 Å². The summed E-state index contributed by atoms with van der Waals surface area (Å²) in [5.74, 6) is 0.229. The third kappa shape index (κ3) is 4.67. The molecule has 0 aliphatic rings. The zero-order chi connectivity index (χ0) is 42.6. The Balaban J connectivity index is 1.28. The second kappa shape index (κ2) is 11.4. The van der Waals surface area contributed by atoms with Gasteiger partial charge in [-0.15, -0.1) is 0 Å². The molecule has 3 aromatic heterocycles. The number of fused-ring (bicyclic) bond motifs is 6. The average Bonchev–Trinajstić information content (AvgIpc) is 3.86. The van der Waals surface area contributed by atoms with Crippen molar-refractivity contribution in [2.24, 2.45) is 0 Å². The minimum Gasteiger partial charge on any atom is -0.456 e. The van der Waals surface area contributed by atoms with E-state index in [0.29, 0.717) is 22.3 Å². The summed E-state index contributed by atoms with van der Waals surface area (Å²) >= 11 is 0. The SMILES string of the molecule is [2H]c1c([2H])c([2H])c(-c2c([2H])c([2H])c([2H])c3oc4c(-c5nc(-c6ccc(-c7ccccc7)cc6)nc(-c6ccc7c(c6)oc6ccccc67)n5)c([2H])c([2H])c([2H])c4c23)c([2H])c1[2H]. The van der Waals surface area contributed by atoms with E-state index in [0.717, 1.165) is 21.9 Å². The fourth-order valence-corrected chi connectivity index (χ4v) is 6.25. The number of rotatable bonds is 5. The lowest BCUT2D eigenvalue weighted by atomic mass is 9.99. The highest BCUT2D eigenvalue weighted by atomic mass is 16.3. The molecule has 10 rings (SSSR count). The number of para-hydroxylation sites is 2. The van der Waals surface area contributed by atoms with Gasteiger partial charge in [0.2, 0.25) is 0 Å². The first-order valence-corrected chi connectivity index (χ1v) is 15.7. The van der Waals surface area contributed by atoms with E-state index in [-0.39, 0.29) is 50.5 Å². The van der Waals surface area contributed by atoms with Crippen molar-refractivity contribution < 1.29 is 23.9 Å². The van der Waals surface area contributed by atoms with Crippen LogP contribution in [0.5, 0.6) is 0 Å². The van der Waals surface area contributed by atoms with Gasteiger partial charge in [0, 0.05) is 32.7 Å². The van der Waals surface area contributed by atoms with E-state index in [1.165, 1.54) is 0 Å². The first kappa shape index (κ1) is 19.2. The fourth-order valence-electron chi connectivity index (χ4n) is 6.25. The predicted octanol–water partition coefficient (Wildman–Crippen LogP) is 12.0. The van der Waals surface area contributed by atoms with E-state index >= 15 is 0 Å². The topological polar surface area (TPSA) is 65.0 Å². The van der Waals surface area contributed by atoms with E-state index in [1.807, 2.05) is 91.0 Å². The van der Waals surface area contributed by atoms with Gasteiger partial charge in [0.15, 0.2) is 17.5 Å². The van der Waals surface area contributed by atoms with Crippen LogP contribution in [0.4, 0.5) is 0 Å². The molecule has 0 saturated carbocycles. The van der Waals surface area contributed by atoms with Crippen LogP contribution in [0.1, 0.15) is 15.1 Å². The van der Waals surface area contributed by atoms with Crippen LogP contribution in [-0.2, 0) is 0 Å². The van der Waals surface area contributed by atoms with Crippen molar-refractivity contribution in [2.45, 2.75) is 0 Å². The number of hydrogen-bond acceptors (Lipinski definition) is 5. The molecule has 0 saturated heterocycles. The second-order valence-corrected chi connectivity index (χ2v) is 11.6. The fraction of sp³-hybridized carbons (Fsp3) is 0. The Kier molecular flexibility index (Phi) is 4.38. The van der Waals surface area contributed by atoms with E-state index < -0.39 is 72.0 Å². The van der Waals surface area contributed by atoms with Gasteiger partial charge >= 0.3 is 0 Å². The van der Waals surface area contributed by atoms with Gasteiger partial charge in [-0.05, 0) is 52.5 Å². The highest BCUT2D eigenvalue weighted by Gasteiger charge is 2.20. The molecule has 5 nitrogen and oxygen atoms in total. The van der Waals surface area contributed by atoms with Crippen LogP contribution in [0.2, 0.25) is 0 Å². The molecule has 234 valence electrons. The third-order valence-electron chi connectivity index (χ3n) is 8.62. The van der Waals surface area contributed by atoms with Crippen LogP contribution < -0.4 is 0 Å². The van der Waals surface area contributed by atoms with E-state index in [1.54, 1.807) is 6.07 Å². The number of furan rings is 2. The zero-order valence-corrected chi connectivity index (χ0v) is 25.9. The van der Waals surface area contributed by atoms with Crippen molar-refractivity contribution in [1.29, 1.82) is 0 Å². The Morgan fingerprint density at radius 2 is 1.06 bits per heavy atom. The second-order valence-electron chi connectivity index (χ2n) is 11.6. The quantitative estimate of drug-likeness (QED) is 0.185. The van der Waals surface area contributed by atoms with Gasteiger partial charge in [-0.2, -0.15) is 0 Å². The molecule has 0 radical (unpaired) electrons. The molecule has 0 spiro atoms. The van der Waals surface area contributed by atoms with E-state index in [2.05, 4.69) is 0 Å². The smallest absolute Gasteiger partial charge is 0.167 e. The van der Waals surface area contributed by atoms with E-state index in [4.69, 9.17) is 37.5 Å². The first-order chi connectivity index (χ1) is 29.3. The summed E-state index contributed by atoms with van der Waals surface area (Å²) < 4.78 is 109. The maximum atomic E-state index is 9.24. The maximum Gasteiger partial charge on any atom is 0.167 e. The van der Waals surface area contributed by atoms with Gasteiger partial charge in [-0.25, -0.2) is 15.0 Å². The molecule has 0 bridgehead atoms. The number of hydrogen-bond donors (Lipinski definition) is 0. The minimum absolute atomic E-state index is 0.132. The largest absolute Gasteiger partial charge is 0.456 e. The van der Waals surface area contributed by atoms with Crippen LogP contribution in [0.15, 0.2) is 172 Å². The summed E-state index contributed by atoms with van der Waals surface area (Å²) in [5, 5.41) is 1.42. The Morgan fingerprint density at radius 3 is 1.92 bits per heavy atom. The van der Waals surface area contributed by atoms with Gasteiger partial charge in [-0.3, -0.25) is 0 Å². The molecule has 0 fully saturated rings. The van der Waals surface area contributed by atoms with E-state index in [9.17, 15) is 1.37 Å². The van der Waals surface area contributed by atoms with Crippen molar-refractivity contribution >= 4 is 43.9 Å². The highest BCUT2D eigenvalue weighted by molar-refractivity contribution is 6.15. The lowest BCUT2D eigenvalue weighted by Gasteiger charge is -2.09. The third-order valence-corrected chi connectivity index (χ3v) is 8.62. The van der Waals surface area contributed by atoms with Crippen molar-refractivity contribution in [2.75, 3.05) is 0 Å². The lowest BCUT2D eigenvalue weighted by molar-refractivity contribution is 0.668. The van der Waals surface area contributed by atoms with Crippen LogP contribution in [0.25, 0.3) is 100 Å². The Morgan fingerprint density at radius 1 is 0.400 bits per heavy atom. The summed E-state index contributed by atoms with van der Waals surface area (Å²) in [6.45, 7) is 0. The summed E-state index contributed by atoms with van der Waals surface area (Å²) in [7, 11) is 0. The normalized spacial score (nSPS) is 14.7. The monoisotopic (exact) mass is 652 g/mol. The summed E-state index contributed by atoms with van der Waals surface area (Å²) in [5.41, 5.74) is 2.79. The van der Waals surface area contributed by atoms with Crippen molar-refractivity contribution in [3.05, 3.63) is 164 Å². The molecule has 0 unspecified atom stereocenters. The molecule has 0 atom stereocenters. The average molecular weight is 653 g/mol. The molecule has 0 amide bonds. The first-order valence-electron chi connectivity index (χ1n) is 21.2. The van der Waals surface area contributed by atoms with Gasteiger partial charge in [0.25, 0.3) is 0 Å². The number of nitrogens with zero attached hydrogens (tertiary/aromatic N) is 3. The molecule has 50 heavy (non-hydrogen) atoms.